The molecule has 0 radical (unpaired) electrons. The van der Waals surface area contributed by atoms with Crippen LogP contribution in [0.2, 0.25) is 0 Å². The van der Waals surface area contributed by atoms with Crippen LogP contribution in [-0.4, -0.2) is 24.7 Å². The lowest BCUT2D eigenvalue weighted by Crippen LogP contribution is -2.40. The largest absolute Gasteiger partial charge is 0.459 e. The third-order valence-corrected chi connectivity index (χ3v) is 2.63. The van der Waals surface area contributed by atoms with Crippen molar-refractivity contribution >= 4 is 5.91 Å². The number of hydrogen-bond donors (Lipinski definition) is 1. The Morgan fingerprint density at radius 1 is 1.67 bits per heavy atom. The molecule has 1 aromatic rings. The highest BCUT2D eigenvalue weighted by Gasteiger charge is 2.24. The SMILES string of the molecule is C[C@@H](NC(=O)c1ccco1)[C@H]1CCCO1. The number of carbonyl (C=O) groups excluding carboxylic acids is 1. The number of nitrogens with one attached hydrogen (secondary N) is 1. The van der Waals surface area contributed by atoms with Gasteiger partial charge >= 0.3 is 0 Å². The van der Waals surface area contributed by atoms with E-state index in [1.807, 2.05) is 6.92 Å². The third kappa shape index (κ3) is 2.39. The fourth-order valence-corrected chi connectivity index (χ4v) is 1.78. The van der Waals surface area contributed by atoms with Crippen LogP contribution in [0.5, 0.6) is 0 Å². The van der Waals surface area contributed by atoms with E-state index in [4.69, 9.17) is 9.15 Å². The Labute approximate surface area is 88.6 Å². The lowest BCUT2D eigenvalue weighted by molar-refractivity contribution is 0.0696. The average Bonchev–Trinajstić information content (AvgIpc) is 2.91. The summed E-state index contributed by atoms with van der Waals surface area (Å²) >= 11 is 0. The van der Waals surface area contributed by atoms with E-state index >= 15 is 0 Å². The van der Waals surface area contributed by atoms with Gasteiger partial charge in [-0.2, -0.15) is 0 Å². The first kappa shape index (κ1) is 10.2. The second kappa shape index (κ2) is 4.49. The van der Waals surface area contributed by atoms with Crippen molar-refractivity contribution in [3.63, 3.8) is 0 Å². The van der Waals surface area contributed by atoms with Crippen LogP contribution in [0.3, 0.4) is 0 Å². The minimum atomic E-state index is -0.178. The van der Waals surface area contributed by atoms with Crippen molar-refractivity contribution in [2.24, 2.45) is 0 Å². The predicted octanol–water partition coefficient (Wildman–Crippen LogP) is 1.58. The summed E-state index contributed by atoms with van der Waals surface area (Å²) in [5.74, 6) is 0.169. The van der Waals surface area contributed by atoms with Gasteiger partial charge in [-0.1, -0.05) is 0 Å². The quantitative estimate of drug-likeness (QED) is 0.822. The molecule has 2 rings (SSSR count). The Bertz CT molecular complexity index is 315. The van der Waals surface area contributed by atoms with Gasteiger partial charge in [-0.25, -0.2) is 0 Å². The molecule has 0 saturated carbocycles. The van der Waals surface area contributed by atoms with Gasteiger partial charge in [0, 0.05) is 6.61 Å². The van der Waals surface area contributed by atoms with E-state index in [1.54, 1.807) is 12.1 Å². The summed E-state index contributed by atoms with van der Waals surface area (Å²) in [4.78, 5) is 11.6. The van der Waals surface area contributed by atoms with Gasteiger partial charge in [-0.05, 0) is 31.9 Å². The summed E-state index contributed by atoms with van der Waals surface area (Å²) in [6.45, 7) is 2.75. The summed E-state index contributed by atoms with van der Waals surface area (Å²) in [5.41, 5.74) is 0. The molecule has 0 unspecified atom stereocenters. The van der Waals surface area contributed by atoms with Crippen molar-refractivity contribution in [2.75, 3.05) is 6.61 Å². The molecule has 1 amide bonds. The molecule has 15 heavy (non-hydrogen) atoms. The van der Waals surface area contributed by atoms with Gasteiger partial charge in [-0.15, -0.1) is 0 Å². The van der Waals surface area contributed by atoms with E-state index in [2.05, 4.69) is 5.32 Å². The summed E-state index contributed by atoms with van der Waals surface area (Å²) in [6.07, 6.45) is 3.72. The highest BCUT2D eigenvalue weighted by Crippen LogP contribution is 2.15. The molecule has 2 atom stereocenters. The van der Waals surface area contributed by atoms with Crippen LogP contribution >= 0.6 is 0 Å². The van der Waals surface area contributed by atoms with E-state index in [1.165, 1.54) is 6.26 Å². The van der Waals surface area contributed by atoms with Gasteiger partial charge < -0.3 is 14.5 Å². The lowest BCUT2D eigenvalue weighted by atomic mass is 10.1. The zero-order valence-electron chi connectivity index (χ0n) is 8.73. The van der Waals surface area contributed by atoms with Crippen LogP contribution in [0.4, 0.5) is 0 Å². The average molecular weight is 209 g/mol. The van der Waals surface area contributed by atoms with Crippen molar-refractivity contribution in [3.8, 4) is 0 Å². The van der Waals surface area contributed by atoms with E-state index in [0.29, 0.717) is 5.76 Å². The monoisotopic (exact) mass is 209 g/mol. The lowest BCUT2D eigenvalue weighted by Gasteiger charge is -2.19. The molecule has 0 spiro atoms. The molecule has 0 aromatic carbocycles. The molecule has 1 fully saturated rings. The summed E-state index contributed by atoms with van der Waals surface area (Å²) < 4.78 is 10.5. The highest BCUT2D eigenvalue weighted by atomic mass is 16.5. The number of ether oxygens (including phenoxy) is 1. The van der Waals surface area contributed by atoms with E-state index in [9.17, 15) is 4.79 Å². The number of amides is 1. The van der Waals surface area contributed by atoms with Crippen LogP contribution in [-0.2, 0) is 4.74 Å². The van der Waals surface area contributed by atoms with Crippen LogP contribution < -0.4 is 5.32 Å². The molecule has 82 valence electrons. The van der Waals surface area contributed by atoms with Gasteiger partial charge in [0.2, 0.25) is 0 Å². The van der Waals surface area contributed by atoms with Gasteiger partial charge in [0.05, 0.1) is 18.4 Å². The maximum Gasteiger partial charge on any atom is 0.287 e. The second-order valence-electron chi connectivity index (χ2n) is 3.79. The first-order valence-corrected chi connectivity index (χ1v) is 5.23. The summed E-state index contributed by atoms with van der Waals surface area (Å²) in [7, 11) is 0. The molecule has 1 aliphatic rings. The number of rotatable bonds is 3. The number of furan rings is 1. The van der Waals surface area contributed by atoms with Crippen LogP contribution in [0.15, 0.2) is 22.8 Å². The fourth-order valence-electron chi connectivity index (χ4n) is 1.78. The predicted molar refractivity (Wildman–Crippen MR) is 54.6 cm³/mol. The van der Waals surface area contributed by atoms with Crippen molar-refractivity contribution in [1.82, 2.24) is 5.32 Å². The normalized spacial score (nSPS) is 22.6. The van der Waals surface area contributed by atoms with Gasteiger partial charge in [0.1, 0.15) is 0 Å². The Morgan fingerprint density at radius 2 is 2.53 bits per heavy atom. The Balaban J connectivity index is 1.88. The minimum absolute atomic E-state index is 0.0325. The van der Waals surface area contributed by atoms with E-state index in [-0.39, 0.29) is 18.1 Å². The topological polar surface area (TPSA) is 51.5 Å². The van der Waals surface area contributed by atoms with Crippen LogP contribution in [0.1, 0.15) is 30.3 Å². The molecule has 1 aliphatic heterocycles. The molecule has 4 nitrogen and oxygen atoms in total. The molecule has 1 aromatic heterocycles. The minimum Gasteiger partial charge on any atom is -0.459 e. The van der Waals surface area contributed by atoms with Gasteiger partial charge in [-0.3, -0.25) is 4.79 Å². The zero-order valence-corrected chi connectivity index (χ0v) is 8.73. The maximum absolute atomic E-state index is 11.6. The number of hydrogen-bond acceptors (Lipinski definition) is 3. The third-order valence-electron chi connectivity index (χ3n) is 2.63. The molecule has 0 aliphatic carbocycles. The molecule has 0 bridgehead atoms. The van der Waals surface area contributed by atoms with Crippen molar-refractivity contribution < 1.29 is 13.9 Å². The first-order chi connectivity index (χ1) is 7.27. The molecule has 1 saturated heterocycles. The van der Waals surface area contributed by atoms with Crippen LogP contribution in [0.25, 0.3) is 0 Å². The molecule has 1 N–H and O–H groups in total. The van der Waals surface area contributed by atoms with Crippen molar-refractivity contribution in [1.29, 1.82) is 0 Å². The van der Waals surface area contributed by atoms with Crippen molar-refractivity contribution in [3.05, 3.63) is 24.2 Å². The van der Waals surface area contributed by atoms with E-state index < -0.39 is 0 Å². The highest BCUT2D eigenvalue weighted by molar-refractivity contribution is 5.91. The maximum atomic E-state index is 11.6. The van der Waals surface area contributed by atoms with Gasteiger partial charge in [0.15, 0.2) is 5.76 Å². The van der Waals surface area contributed by atoms with E-state index in [0.717, 1.165) is 19.4 Å². The standard InChI is InChI=1S/C11H15NO3/c1-8(9-4-2-6-14-9)12-11(13)10-5-3-7-15-10/h3,5,7-9H,2,4,6H2,1H3,(H,12,13)/t8-,9-/m1/s1. The summed E-state index contributed by atoms with van der Waals surface area (Å²) in [6, 6.07) is 3.38. The Kier molecular flexibility index (Phi) is 3.06. The summed E-state index contributed by atoms with van der Waals surface area (Å²) in [5, 5.41) is 2.87. The smallest absolute Gasteiger partial charge is 0.287 e. The molecule has 4 heteroatoms. The van der Waals surface area contributed by atoms with Gasteiger partial charge in [0.25, 0.3) is 5.91 Å². The first-order valence-electron chi connectivity index (χ1n) is 5.23. The molecular weight excluding hydrogens is 194 g/mol. The Hall–Kier alpha value is -1.29. The number of carbonyl (C=O) groups is 1. The fraction of sp³-hybridized carbons (Fsp3) is 0.545. The van der Waals surface area contributed by atoms with Crippen molar-refractivity contribution in [2.45, 2.75) is 31.9 Å². The second-order valence-corrected chi connectivity index (χ2v) is 3.79. The Morgan fingerprint density at radius 3 is 3.13 bits per heavy atom. The zero-order chi connectivity index (χ0) is 10.7. The molecule has 2 heterocycles. The van der Waals surface area contributed by atoms with Crippen LogP contribution in [0, 0.1) is 0 Å². The molecular formula is C11H15NO3.